The van der Waals surface area contributed by atoms with E-state index in [2.05, 4.69) is 4.74 Å². The number of ether oxygens (including phenoxy) is 2. The molecule has 0 aliphatic heterocycles. The van der Waals surface area contributed by atoms with E-state index in [1.807, 2.05) is 24.3 Å². The fourth-order valence-corrected chi connectivity index (χ4v) is 1.81. The zero-order valence-corrected chi connectivity index (χ0v) is 10.9. The number of benzene rings is 1. The summed E-state index contributed by atoms with van der Waals surface area (Å²) in [7, 11) is 2.94. The summed E-state index contributed by atoms with van der Waals surface area (Å²) in [5.41, 5.74) is 0.896. The normalized spacial score (nSPS) is 11.7. The second kappa shape index (κ2) is 6.79. The van der Waals surface area contributed by atoms with E-state index in [-0.39, 0.29) is 24.1 Å². The lowest BCUT2D eigenvalue weighted by molar-refractivity contribution is -0.140. The molecule has 0 heterocycles. The van der Waals surface area contributed by atoms with E-state index in [1.54, 1.807) is 7.11 Å². The summed E-state index contributed by atoms with van der Waals surface area (Å²) >= 11 is 0. The molecule has 0 radical (unpaired) electrons. The van der Waals surface area contributed by atoms with Crippen LogP contribution in [0.4, 0.5) is 0 Å². The van der Waals surface area contributed by atoms with Crippen molar-refractivity contribution in [3.05, 3.63) is 29.8 Å². The number of carbonyl (C=O) groups excluding carboxylic acids is 2. The van der Waals surface area contributed by atoms with Crippen molar-refractivity contribution < 1.29 is 19.1 Å². The second-order valence-corrected chi connectivity index (χ2v) is 4.05. The standard InChI is InChI=1S/C14H18O4/c1-10(15)13(8-9-14(16)18-3)11-4-6-12(17-2)7-5-11/h4-7,13H,8-9H2,1-3H3. The van der Waals surface area contributed by atoms with E-state index >= 15 is 0 Å². The molecule has 0 N–H and O–H groups in total. The van der Waals surface area contributed by atoms with E-state index < -0.39 is 0 Å². The predicted molar refractivity (Wildman–Crippen MR) is 67.7 cm³/mol. The zero-order chi connectivity index (χ0) is 13.5. The number of methoxy groups -OCH3 is 2. The van der Waals surface area contributed by atoms with Crippen LogP contribution in [0, 0.1) is 0 Å². The maximum Gasteiger partial charge on any atom is 0.305 e. The van der Waals surface area contributed by atoms with Gasteiger partial charge in [0.25, 0.3) is 0 Å². The summed E-state index contributed by atoms with van der Waals surface area (Å²) in [5.74, 6) is 0.225. The monoisotopic (exact) mass is 250 g/mol. The van der Waals surface area contributed by atoms with Crippen molar-refractivity contribution in [3.8, 4) is 5.75 Å². The van der Waals surface area contributed by atoms with Gasteiger partial charge in [0.1, 0.15) is 11.5 Å². The van der Waals surface area contributed by atoms with E-state index in [1.165, 1.54) is 14.0 Å². The Kier molecular flexibility index (Phi) is 5.36. The van der Waals surface area contributed by atoms with Crippen LogP contribution < -0.4 is 4.74 Å². The van der Waals surface area contributed by atoms with Gasteiger partial charge < -0.3 is 9.47 Å². The summed E-state index contributed by atoms with van der Waals surface area (Å²) < 4.78 is 9.65. The smallest absolute Gasteiger partial charge is 0.305 e. The van der Waals surface area contributed by atoms with E-state index in [0.29, 0.717) is 6.42 Å². The molecule has 1 unspecified atom stereocenters. The van der Waals surface area contributed by atoms with E-state index in [9.17, 15) is 9.59 Å². The van der Waals surface area contributed by atoms with Gasteiger partial charge in [0.2, 0.25) is 0 Å². The Labute approximate surface area is 107 Å². The quantitative estimate of drug-likeness (QED) is 0.727. The minimum absolute atomic E-state index is 0.0454. The molecule has 0 fully saturated rings. The highest BCUT2D eigenvalue weighted by atomic mass is 16.5. The van der Waals surface area contributed by atoms with Crippen LogP contribution in [-0.2, 0) is 14.3 Å². The highest BCUT2D eigenvalue weighted by Gasteiger charge is 2.18. The largest absolute Gasteiger partial charge is 0.497 e. The molecule has 0 aliphatic carbocycles. The molecule has 1 aromatic carbocycles. The van der Waals surface area contributed by atoms with Crippen LogP contribution in [0.3, 0.4) is 0 Å². The van der Waals surface area contributed by atoms with Gasteiger partial charge in [-0.05, 0) is 31.0 Å². The van der Waals surface area contributed by atoms with Gasteiger partial charge in [0.15, 0.2) is 0 Å². The van der Waals surface area contributed by atoms with Gasteiger partial charge in [-0.25, -0.2) is 0 Å². The molecule has 98 valence electrons. The molecule has 0 bridgehead atoms. The molecular weight excluding hydrogens is 232 g/mol. The lowest BCUT2D eigenvalue weighted by Gasteiger charge is -2.14. The van der Waals surface area contributed by atoms with E-state index in [4.69, 9.17) is 4.74 Å². The van der Waals surface area contributed by atoms with Crippen LogP contribution in [0.15, 0.2) is 24.3 Å². The van der Waals surface area contributed by atoms with Crippen molar-refractivity contribution >= 4 is 11.8 Å². The fourth-order valence-electron chi connectivity index (χ4n) is 1.81. The Morgan fingerprint density at radius 2 is 1.78 bits per heavy atom. The molecule has 0 aromatic heterocycles. The first kappa shape index (κ1) is 14.2. The Hall–Kier alpha value is -1.84. The summed E-state index contributed by atoms with van der Waals surface area (Å²) in [6.45, 7) is 1.53. The number of carbonyl (C=O) groups is 2. The Morgan fingerprint density at radius 1 is 1.17 bits per heavy atom. The molecule has 4 heteroatoms. The number of Topliss-reactive ketones (excluding diaryl/α,β-unsaturated/α-hetero) is 1. The van der Waals surface area contributed by atoms with Crippen molar-refractivity contribution in [3.63, 3.8) is 0 Å². The topological polar surface area (TPSA) is 52.6 Å². The first-order valence-electron chi connectivity index (χ1n) is 5.79. The minimum Gasteiger partial charge on any atom is -0.497 e. The maximum atomic E-state index is 11.6. The van der Waals surface area contributed by atoms with Crippen molar-refractivity contribution in [2.45, 2.75) is 25.7 Å². The molecule has 0 saturated carbocycles. The summed E-state index contributed by atoms with van der Waals surface area (Å²) in [4.78, 5) is 22.7. The third-order valence-electron chi connectivity index (χ3n) is 2.87. The van der Waals surface area contributed by atoms with Crippen molar-refractivity contribution in [2.75, 3.05) is 14.2 Å². The first-order valence-corrected chi connectivity index (χ1v) is 5.79. The Balaban J connectivity index is 2.77. The van der Waals surface area contributed by atoms with Gasteiger partial charge in [-0.1, -0.05) is 12.1 Å². The third-order valence-corrected chi connectivity index (χ3v) is 2.87. The molecule has 0 saturated heterocycles. The molecule has 1 rings (SSSR count). The van der Waals surface area contributed by atoms with Gasteiger partial charge in [-0.15, -0.1) is 0 Å². The minimum atomic E-state index is -0.297. The number of esters is 1. The molecular formula is C14H18O4. The average molecular weight is 250 g/mol. The summed E-state index contributed by atoms with van der Waals surface area (Å²) in [6, 6.07) is 7.32. The lowest BCUT2D eigenvalue weighted by atomic mass is 9.91. The zero-order valence-electron chi connectivity index (χ0n) is 10.9. The predicted octanol–water partition coefficient (Wildman–Crippen LogP) is 2.32. The van der Waals surface area contributed by atoms with Crippen molar-refractivity contribution in [1.29, 1.82) is 0 Å². The molecule has 0 amide bonds. The lowest BCUT2D eigenvalue weighted by Crippen LogP contribution is -2.12. The van der Waals surface area contributed by atoms with Crippen LogP contribution >= 0.6 is 0 Å². The van der Waals surface area contributed by atoms with Crippen LogP contribution in [0.1, 0.15) is 31.2 Å². The van der Waals surface area contributed by atoms with Crippen molar-refractivity contribution in [2.24, 2.45) is 0 Å². The van der Waals surface area contributed by atoms with E-state index in [0.717, 1.165) is 11.3 Å². The third kappa shape index (κ3) is 3.87. The fraction of sp³-hybridized carbons (Fsp3) is 0.429. The van der Waals surface area contributed by atoms with Crippen LogP contribution in [-0.4, -0.2) is 26.0 Å². The van der Waals surface area contributed by atoms with Gasteiger partial charge in [0.05, 0.1) is 14.2 Å². The van der Waals surface area contributed by atoms with Gasteiger partial charge in [-0.2, -0.15) is 0 Å². The number of hydrogen-bond donors (Lipinski definition) is 0. The maximum absolute atomic E-state index is 11.6. The summed E-state index contributed by atoms with van der Waals surface area (Å²) in [5, 5.41) is 0. The number of ketones is 1. The number of hydrogen-bond acceptors (Lipinski definition) is 4. The molecule has 4 nitrogen and oxygen atoms in total. The number of rotatable bonds is 6. The summed E-state index contributed by atoms with van der Waals surface area (Å²) in [6.07, 6.45) is 0.709. The molecule has 1 aromatic rings. The first-order chi connectivity index (χ1) is 8.58. The highest BCUT2D eigenvalue weighted by Crippen LogP contribution is 2.24. The van der Waals surface area contributed by atoms with Crippen molar-refractivity contribution in [1.82, 2.24) is 0 Å². The Bertz CT molecular complexity index is 408. The van der Waals surface area contributed by atoms with Gasteiger partial charge >= 0.3 is 5.97 Å². The molecule has 0 spiro atoms. The Morgan fingerprint density at radius 3 is 2.22 bits per heavy atom. The van der Waals surface area contributed by atoms with Gasteiger partial charge in [0, 0.05) is 12.3 Å². The molecule has 1 atom stereocenters. The van der Waals surface area contributed by atoms with Crippen LogP contribution in [0.2, 0.25) is 0 Å². The average Bonchev–Trinajstić information content (AvgIpc) is 2.39. The SMILES string of the molecule is COC(=O)CCC(C(C)=O)c1ccc(OC)cc1. The van der Waals surface area contributed by atoms with Crippen LogP contribution in [0.5, 0.6) is 5.75 Å². The highest BCUT2D eigenvalue weighted by molar-refractivity contribution is 5.84. The van der Waals surface area contributed by atoms with Crippen LogP contribution in [0.25, 0.3) is 0 Å². The molecule has 18 heavy (non-hydrogen) atoms. The molecule has 0 aliphatic rings. The second-order valence-electron chi connectivity index (χ2n) is 4.05. The van der Waals surface area contributed by atoms with Gasteiger partial charge in [-0.3, -0.25) is 9.59 Å².